The van der Waals surface area contributed by atoms with E-state index in [4.69, 9.17) is 10.5 Å². The molecule has 8 heteroatoms. The van der Waals surface area contributed by atoms with Gasteiger partial charge in [-0.25, -0.2) is 9.50 Å². The van der Waals surface area contributed by atoms with Gasteiger partial charge in [0.25, 0.3) is 5.78 Å². The van der Waals surface area contributed by atoms with E-state index in [1.807, 2.05) is 45.0 Å². The van der Waals surface area contributed by atoms with Crippen molar-refractivity contribution in [2.24, 2.45) is 5.73 Å². The summed E-state index contributed by atoms with van der Waals surface area (Å²) in [6.07, 6.45) is 0.918. The molecule has 0 atom stereocenters. The number of amides is 1. The fraction of sp³-hybridized carbons (Fsp3) is 0.368. The van der Waals surface area contributed by atoms with Crippen molar-refractivity contribution >= 4 is 17.4 Å². The third kappa shape index (κ3) is 4.22. The average Bonchev–Trinajstić information content (AvgIpc) is 3.06. The van der Waals surface area contributed by atoms with Crippen molar-refractivity contribution in [1.82, 2.24) is 19.6 Å². The minimum Gasteiger partial charge on any atom is -0.494 e. The molecule has 0 radical (unpaired) electrons. The quantitative estimate of drug-likeness (QED) is 0.662. The van der Waals surface area contributed by atoms with Gasteiger partial charge in [-0.3, -0.25) is 4.79 Å². The number of benzene rings is 1. The molecule has 3 aromatic rings. The normalized spacial score (nSPS) is 11.0. The van der Waals surface area contributed by atoms with Gasteiger partial charge < -0.3 is 15.8 Å². The highest BCUT2D eigenvalue weighted by Gasteiger charge is 2.14. The van der Waals surface area contributed by atoms with E-state index in [1.165, 1.54) is 0 Å². The van der Waals surface area contributed by atoms with Gasteiger partial charge in [0.05, 0.1) is 13.2 Å². The van der Waals surface area contributed by atoms with E-state index < -0.39 is 0 Å². The molecule has 8 nitrogen and oxygen atoms in total. The van der Waals surface area contributed by atoms with E-state index in [1.54, 1.807) is 4.52 Å². The maximum Gasteiger partial charge on any atom is 0.252 e. The van der Waals surface area contributed by atoms with Crippen molar-refractivity contribution < 1.29 is 9.53 Å². The molecular formula is C19H24N6O2. The van der Waals surface area contributed by atoms with E-state index >= 15 is 0 Å². The molecule has 0 unspecified atom stereocenters. The molecule has 2 aromatic heterocycles. The minimum absolute atomic E-state index is 0.0562. The number of hydrogen-bond acceptors (Lipinski definition) is 6. The van der Waals surface area contributed by atoms with E-state index in [9.17, 15) is 4.79 Å². The van der Waals surface area contributed by atoms with Crippen molar-refractivity contribution in [1.29, 1.82) is 0 Å². The molecule has 0 spiro atoms. The molecule has 3 N–H and O–H groups in total. The molecule has 0 fully saturated rings. The first kappa shape index (κ1) is 18.8. The van der Waals surface area contributed by atoms with Crippen molar-refractivity contribution in [3.05, 3.63) is 47.0 Å². The molecule has 0 saturated heterocycles. The number of nitrogens with one attached hydrogen (secondary N) is 1. The number of nitrogens with two attached hydrogens (primary N) is 1. The van der Waals surface area contributed by atoms with Crippen LogP contribution in [0, 0.1) is 13.8 Å². The number of anilines is 1. The number of carbonyl (C=O) groups excluding carboxylic acids is 1. The number of aromatic nitrogens is 4. The highest BCUT2D eigenvalue weighted by molar-refractivity contribution is 5.90. The maximum absolute atomic E-state index is 12.3. The Labute approximate surface area is 157 Å². The first-order chi connectivity index (χ1) is 13.0. The summed E-state index contributed by atoms with van der Waals surface area (Å²) in [6.45, 7) is 6.69. The van der Waals surface area contributed by atoms with Crippen molar-refractivity contribution in [2.75, 3.05) is 11.9 Å². The predicted octanol–water partition coefficient (Wildman–Crippen LogP) is 2.17. The molecule has 0 bridgehead atoms. The second-order valence-electron chi connectivity index (χ2n) is 6.21. The highest BCUT2D eigenvalue weighted by Crippen LogP contribution is 2.18. The lowest BCUT2D eigenvalue weighted by molar-refractivity contribution is -0.116. The minimum atomic E-state index is -0.0562. The van der Waals surface area contributed by atoms with Gasteiger partial charge in [-0.2, -0.15) is 4.98 Å². The largest absolute Gasteiger partial charge is 0.494 e. The Kier molecular flexibility index (Phi) is 5.66. The summed E-state index contributed by atoms with van der Waals surface area (Å²) in [7, 11) is 0. The Bertz CT molecular complexity index is 949. The molecule has 142 valence electrons. The zero-order valence-electron chi connectivity index (χ0n) is 15.8. The molecule has 0 saturated carbocycles. The molecule has 0 aliphatic rings. The standard InChI is InChI=1S/C19H24N6O2/c1-4-27-15-7-5-14(6-8-15)22-18(26)10-9-16-12(2)21-19-23-17(11-20)24-25(19)13(16)3/h5-8H,4,9-11,20H2,1-3H3,(H,22,26). The van der Waals surface area contributed by atoms with Crippen LogP contribution in [0.1, 0.15) is 36.1 Å². The molecule has 3 rings (SSSR count). The van der Waals surface area contributed by atoms with Crippen LogP contribution in [0.5, 0.6) is 5.75 Å². The summed E-state index contributed by atoms with van der Waals surface area (Å²) in [6, 6.07) is 7.34. The van der Waals surface area contributed by atoms with Crippen LogP contribution in [0.25, 0.3) is 5.78 Å². The molecule has 1 amide bonds. The number of rotatable bonds is 7. The number of ether oxygens (including phenoxy) is 1. The van der Waals surface area contributed by atoms with Crippen molar-refractivity contribution in [3.63, 3.8) is 0 Å². The molecular weight excluding hydrogens is 344 g/mol. The van der Waals surface area contributed by atoms with Crippen LogP contribution < -0.4 is 15.8 Å². The zero-order chi connectivity index (χ0) is 19.4. The number of aryl methyl sites for hydroxylation is 2. The highest BCUT2D eigenvalue weighted by atomic mass is 16.5. The van der Waals surface area contributed by atoms with Crippen LogP contribution >= 0.6 is 0 Å². The zero-order valence-corrected chi connectivity index (χ0v) is 15.8. The van der Waals surface area contributed by atoms with E-state index in [0.717, 1.165) is 28.4 Å². The maximum atomic E-state index is 12.3. The molecule has 2 heterocycles. The molecule has 1 aromatic carbocycles. The fourth-order valence-electron chi connectivity index (χ4n) is 2.96. The predicted molar refractivity (Wildman–Crippen MR) is 103 cm³/mol. The van der Waals surface area contributed by atoms with E-state index in [0.29, 0.717) is 31.1 Å². The Morgan fingerprint density at radius 2 is 1.96 bits per heavy atom. The Morgan fingerprint density at radius 1 is 1.22 bits per heavy atom. The number of nitrogens with zero attached hydrogens (tertiary/aromatic N) is 4. The van der Waals surface area contributed by atoms with E-state index in [2.05, 4.69) is 20.4 Å². The van der Waals surface area contributed by atoms with Gasteiger partial charge >= 0.3 is 0 Å². The third-order valence-corrected chi connectivity index (χ3v) is 4.33. The van der Waals surface area contributed by atoms with Crippen LogP contribution in [-0.2, 0) is 17.8 Å². The van der Waals surface area contributed by atoms with E-state index in [-0.39, 0.29) is 12.5 Å². The van der Waals surface area contributed by atoms with Gasteiger partial charge in [-0.1, -0.05) is 0 Å². The monoisotopic (exact) mass is 368 g/mol. The van der Waals surface area contributed by atoms with Gasteiger partial charge in [0.15, 0.2) is 5.82 Å². The fourth-order valence-corrected chi connectivity index (χ4v) is 2.96. The summed E-state index contributed by atoms with van der Waals surface area (Å²) in [4.78, 5) is 21.1. The smallest absolute Gasteiger partial charge is 0.252 e. The second-order valence-corrected chi connectivity index (χ2v) is 6.21. The van der Waals surface area contributed by atoms with Gasteiger partial charge in [0.2, 0.25) is 5.91 Å². The van der Waals surface area contributed by atoms with Crippen LogP contribution in [0.2, 0.25) is 0 Å². The lowest BCUT2D eigenvalue weighted by Gasteiger charge is -2.11. The summed E-state index contributed by atoms with van der Waals surface area (Å²) in [5.74, 6) is 1.81. The lowest BCUT2D eigenvalue weighted by Crippen LogP contribution is -2.14. The molecule has 0 aliphatic heterocycles. The van der Waals surface area contributed by atoms with Gasteiger partial charge in [0, 0.05) is 23.5 Å². The van der Waals surface area contributed by atoms with Crippen LogP contribution in [0.15, 0.2) is 24.3 Å². The van der Waals surface area contributed by atoms with Gasteiger partial charge in [0.1, 0.15) is 5.75 Å². The van der Waals surface area contributed by atoms with Crippen LogP contribution in [-0.4, -0.2) is 32.1 Å². The van der Waals surface area contributed by atoms with Gasteiger partial charge in [-0.05, 0) is 57.0 Å². The number of fused-ring (bicyclic) bond motifs is 1. The Balaban J connectivity index is 1.67. The number of hydrogen-bond donors (Lipinski definition) is 2. The first-order valence-corrected chi connectivity index (χ1v) is 8.96. The third-order valence-electron chi connectivity index (χ3n) is 4.33. The molecule has 0 aliphatic carbocycles. The van der Waals surface area contributed by atoms with Crippen LogP contribution in [0.3, 0.4) is 0 Å². The van der Waals surface area contributed by atoms with Crippen LogP contribution in [0.4, 0.5) is 5.69 Å². The summed E-state index contributed by atoms with van der Waals surface area (Å²) in [5, 5.41) is 7.26. The topological polar surface area (TPSA) is 107 Å². The molecule has 27 heavy (non-hydrogen) atoms. The van der Waals surface area contributed by atoms with Crippen molar-refractivity contribution in [2.45, 2.75) is 40.2 Å². The summed E-state index contributed by atoms with van der Waals surface area (Å²) in [5.41, 5.74) is 9.13. The second kappa shape index (κ2) is 8.13. The Morgan fingerprint density at radius 3 is 2.63 bits per heavy atom. The summed E-state index contributed by atoms with van der Waals surface area (Å²) < 4.78 is 7.09. The van der Waals surface area contributed by atoms with Crippen molar-refractivity contribution in [3.8, 4) is 5.75 Å². The lowest BCUT2D eigenvalue weighted by atomic mass is 10.1. The Hall–Kier alpha value is -3.00. The number of carbonyl (C=O) groups is 1. The summed E-state index contributed by atoms with van der Waals surface area (Å²) >= 11 is 0. The van der Waals surface area contributed by atoms with Gasteiger partial charge in [-0.15, -0.1) is 5.10 Å². The average molecular weight is 368 g/mol. The SMILES string of the molecule is CCOc1ccc(NC(=O)CCc2c(C)nc3nc(CN)nn3c2C)cc1. The first-order valence-electron chi connectivity index (χ1n) is 8.96.